The molecule has 3 rings (SSSR count). The molecule has 20 heavy (non-hydrogen) atoms. The van der Waals surface area contributed by atoms with Gasteiger partial charge in [-0.25, -0.2) is 9.97 Å². The normalized spacial score (nSPS) is 19.2. The van der Waals surface area contributed by atoms with Gasteiger partial charge in [0.25, 0.3) is 0 Å². The van der Waals surface area contributed by atoms with E-state index in [9.17, 15) is 0 Å². The molecule has 0 spiro atoms. The molecule has 1 aromatic rings. The Labute approximate surface area is 126 Å². The van der Waals surface area contributed by atoms with Crippen molar-refractivity contribution in [2.45, 2.75) is 76.0 Å². The molecule has 1 aromatic heterocycles. The first-order valence-electron chi connectivity index (χ1n) is 8.06. The van der Waals surface area contributed by atoms with Crippen LogP contribution < -0.4 is 5.32 Å². The maximum Gasteiger partial charge on any atom is 0.138 e. The Bertz CT molecular complexity index is 455. The number of nitrogens with one attached hydrogen (secondary N) is 1. The largest absolute Gasteiger partial charge is 0.307 e. The molecule has 1 saturated carbocycles. The summed E-state index contributed by atoms with van der Waals surface area (Å²) in [5, 5.41) is 4.25. The third kappa shape index (κ3) is 3.34. The zero-order valence-electron chi connectivity index (χ0n) is 12.5. The van der Waals surface area contributed by atoms with Gasteiger partial charge in [-0.15, -0.1) is 0 Å². The first-order chi connectivity index (χ1) is 9.86. The van der Waals surface area contributed by atoms with Gasteiger partial charge in [0.05, 0.1) is 11.4 Å². The van der Waals surface area contributed by atoms with Crippen LogP contribution in [0.1, 0.15) is 68.2 Å². The summed E-state index contributed by atoms with van der Waals surface area (Å²) in [6, 6.07) is 0. The van der Waals surface area contributed by atoms with Crippen LogP contribution in [-0.2, 0) is 25.3 Å². The standard InChI is InChI=1S/C16H25N3S/c1-2-6-14-13-9-17-10-15(13)19-16(18-14)11-20-12-7-4-3-5-8-12/h12,17H,2-11H2,1H3. The first-order valence-corrected chi connectivity index (χ1v) is 9.11. The van der Waals surface area contributed by atoms with E-state index >= 15 is 0 Å². The quantitative estimate of drug-likeness (QED) is 0.899. The van der Waals surface area contributed by atoms with Gasteiger partial charge in [0.2, 0.25) is 0 Å². The molecule has 0 atom stereocenters. The van der Waals surface area contributed by atoms with Gasteiger partial charge >= 0.3 is 0 Å². The maximum atomic E-state index is 4.85. The SMILES string of the molecule is CCCc1nc(CSC2CCCCC2)nc2c1CNC2. The highest BCUT2D eigenvalue weighted by Gasteiger charge is 2.19. The fourth-order valence-corrected chi connectivity index (χ4v) is 4.41. The van der Waals surface area contributed by atoms with E-state index in [1.54, 1.807) is 0 Å². The van der Waals surface area contributed by atoms with E-state index in [1.165, 1.54) is 55.5 Å². The van der Waals surface area contributed by atoms with Gasteiger partial charge < -0.3 is 5.32 Å². The molecule has 3 nitrogen and oxygen atoms in total. The number of fused-ring (bicyclic) bond motifs is 1. The van der Waals surface area contributed by atoms with Crippen molar-refractivity contribution in [1.29, 1.82) is 0 Å². The Hall–Kier alpha value is -0.610. The van der Waals surface area contributed by atoms with Crippen LogP contribution in [0.5, 0.6) is 0 Å². The molecule has 0 aromatic carbocycles. The zero-order chi connectivity index (χ0) is 13.8. The van der Waals surface area contributed by atoms with Crippen molar-refractivity contribution < 1.29 is 0 Å². The Morgan fingerprint density at radius 1 is 1.15 bits per heavy atom. The molecule has 1 aliphatic carbocycles. The van der Waals surface area contributed by atoms with Gasteiger partial charge in [0.15, 0.2) is 0 Å². The minimum absolute atomic E-state index is 0.841. The van der Waals surface area contributed by atoms with Gasteiger partial charge in [-0.1, -0.05) is 32.6 Å². The van der Waals surface area contributed by atoms with E-state index < -0.39 is 0 Å². The number of hydrogen-bond acceptors (Lipinski definition) is 4. The van der Waals surface area contributed by atoms with Crippen LogP contribution in [0.15, 0.2) is 0 Å². The summed E-state index contributed by atoms with van der Waals surface area (Å²) in [5.41, 5.74) is 3.92. The fraction of sp³-hybridized carbons (Fsp3) is 0.750. The topological polar surface area (TPSA) is 37.8 Å². The minimum atomic E-state index is 0.841. The lowest BCUT2D eigenvalue weighted by atomic mass is 10.0. The van der Waals surface area contributed by atoms with Gasteiger partial charge in [-0.2, -0.15) is 11.8 Å². The number of rotatable bonds is 5. The molecule has 4 heteroatoms. The molecule has 2 aliphatic rings. The Morgan fingerprint density at radius 3 is 2.80 bits per heavy atom. The monoisotopic (exact) mass is 291 g/mol. The van der Waals surface area contributed by atoms with Crippen molar-refractivity contribution in [2.75, 3.05) is 0 Å². The molecule has 0 radical (unpaired) electrons. The highest BCUT2D eigenvalue weighted by Crippen LogP contribution is 2.30. The van der Waals surface area contributed by atoms with Crippen LogP contribution in [0.2, 0.25) is 0 Å². The van der Waals surface area contributed by atoms with Gasteiger partial charge in [-0.3, -0.25) is 0 Å². The lowest BCUT2D eigenvalue weighted by molar-refractivity contribution is 0.516. The molecule has 0 bridgehead atoms. The molecule has 0 saturated heterocycles. The predicted molar refractivity (Wildman–Crippen MR) is 84.7 cm³/mol. The summed E-state index contributed by atoms with van der Waals surface area (Å²) >= 11 is 2.08. The molecule has 0 unspecified atom stereocenters. The molecule has 1 N–H and O–H groups in total. The van der Waals surface area contributed by atoms with Crippen molar-refractivity contribution in [1.82, 2.24) is 15.3 Å². The fourth-order valence-electron chi connectivity index (χ4n) is 3.23. The Morgan fingerprint density at radius 2 is 2.00 bits per heavy atom. The highest BCUT2D eigenvalue weighted by molar-refractivity contribution is 7.99. The van der Waals surface area contributed by atoms with E-state index in [0.29, 0.717) is 0 Å². The van der Waals surface area contributed by atoms with E-state index in [2.05, 4.69) is 24.0 Å². The van der Waals surface area contributed by atoms with Crippen LogP contribution in [0.3, 0.4) is 0 Å². The maximum absolute atomic E-state index is 4.85. The minimum Gasteiger partial charge on any atom is -0.307 e. The average molecular weight is 291 g/mol. The molecular weight excluding hydrogens is 266 g/mol. The predicted octanol–water partition coefficient (Wildman–Crippen LogP) is 3.60. The van der Waals surface area contributed by atoms with Crippen molar-refractivity contribution in [3.05, 3.63) is 22.8 Å². The van der Waals surface area contributed by atoms with E-state index in [-0.39, 0.29) is 0 Å². The second-order valence-corrected chi connectivity index (χ2v) is 7.23. The average Bonchev–Trinajstić information content (AvgIpc) is 2.95. The summed E-state index contributed by atoms with van der Waals surface area (Å²) < 4.78 is 0. The van der Waals surface area contributed by atoms with E-state index in [1.807, 2.05) is 0 Å². The third-order valence-corrected chi connectivity index (χ3v) is 5.67. The number of hydrogen-bond donors (Lipinski definition) is 1. The van der Waals surface area contributed by atoms with Crippen molar-refractivity contribution in [3.63, 3.8) is 0 Å². The smallest absolute Gasteiger partial charge is 0.138 e. The molecular formula is C16H25N3S. The third-order valence-electron chi connectivity index (χ3n) is 4.31. The summed E-state index contributed by atoms with van der Waals surface area (Å²) in [7, 11) is 0. The van der Waals surface area contributed by atoms with Gasteiger partial charge in [0, 0.05) is 29.6 Å². The second-order valence-electron chi connectivity index (χ2n) is 5.94. The Balaban J connectivity index is 1.68. The number of aryl methyl sites for hydroxylation is 1. The summed E-state index contributed by atoms with van der Waals surface area (Å²) in [4.78, 5) is 9.63. The number of nitrogens with zero attached hydrogens (tertiary/aromatic N) is 2. The van der Waals surface area contributed by atoms with Gasteiger partial charge in [-0.05, 0) is 19.3 Å². The second kappa shape index (κ2) is 6.90. The van der Waals surface area contributed by atoms with Crippen LogP contribution >= 0.6 is 11.8 Å². The lowest BCUT2D eigenvalue weighted by Gasteiger charge is -2.20. The van der Waals surface area contributed by atoms with Crippen molar-refractivity contribution in [3.8, 4) is 0 Å². The van der Waals surface area contributed by atoms with E-state index in [4.69, 9.17) is 9.97 Å². The van der Waals surface area contributed by atoms with Crippen LogP contribution in [0.4, 0.5) is 0 Å². The summed E-state index contributed by atoms with van der Waals surface area (Å²) in [6.45, 7) is 4.11. The van der Waals surface area contributed by atoms with E-state index in [0.717, 1.165) is 36.3 Å². The molecule has 110 valence electrons. The molecule has 2 heterocycles. The zero-order valence-corrected chi connectivity index (χ0v) is 13.3. The molecule has 1 fully saturated rings. The van der Waals surface area contributed by atoms with Crippen LogP contribution in [0.25, 0.3) is 0 Å². The van der Waals surface area contributed by atoms with Crippen LogP contribution in [-0.4, -0.2) is 15.2 Å². The summed E-state index contributed by atoms with van der Waals surface area (Å²) in [6.07, 6.45) is 9.28. The number of aromatic nitrogens is 2. The van der Waals surface area contributed by atoms with Crippen molar-refractivity contribution in [2.24, 2.45) is 0 Å². The van der Waals surface area contributed by atoms with Crippen molar-refractivity contribution >= 4 is 11.8 Å². The van der Waals surface area contributed by atoms with Gasteiger partial charge in [0.1, 0.15) is 5.82 Å². The molecule has 1 aliphatic heterocycles. The van der Waals surface area contributed by atoms with Crippen LogP contribution in [0, 0.1) is 0 Å². The summed E-state index contributed by atoms with van der Waals surface area (Å²) in [5.74, 6) is 2.06. The number of thioether (sulfide) groups is 1. The first kappa shape index (κ1) is 14.3. The Kier molecular flexibility index (Phi) is 4.94. The molecule has 0 amide bonds. The lowest BCUT2D eigenvalue weighted by Crippen LogP contribution is -2.10. The highest BCUT2D eigenvalue weighted by atomic mass is 32.2.